The maximum atomic E-state index is 12.6. The minimum Gasteiger partial charge on any atom is -0.423 e. The van der Waals surface area contributed by atoms with Gasteiger partial charge in [0.15, 0.2) is 0 Å². The Hall–Kier alpha value is -2.19. The fraction of sp³-hybridized carbons (Fsp3) is 0.500. The third-order valence-corrected chi connectivity index (χ3v) is 7.37. The van der Waals surface area contributed by atoms with Gasteiger partial charge in [0.1, 0.15) is 5.58 Å². The molecule has 1 aliphatic carbocycles. The predicted octanol–water partition coefficient (Wildman–Crippen LogP) is 3.01. The van der Waals surface area contributed by atoms with Gasteiger partial charge in [-0.2, -0.15) is 0 Å². The highest BCUT2D eigenvalue weighted by atomic mass is 32.2. The van der Waals surface area contributed by atoms with E-state index in [4.69, 9.17) is 4.42 Å². The molecule has 7 nitrogen and oxygen atoms in total. The lowest BCUT2D eigenvalue weighted by atomic mass is 9.86. The minimum atomic E-state index is -3.39. The SMILES string of the molecule is CC(C)(C)S(=O)(=O)NC1CCC(C(=O)Nc2ccc3oc(=O)ccc3c2)CC1. The highest BCUT2D eigenvalue weighted by Crippen LogP contribution is 2.28. The van der Waals surface area contributed by atoms with Crippen molar-refractivity contribution < 1.29 is 17.6 Å². The monoisotopic (exact) mass is 406 g/mol. The molecule has 1 saturated carbocycles. The zero-order valence-electron chi connectivity index (χ0n) is 16.3. The van der Waals surface area contributed by atoms with Crippen molar-refractivity contribution in [1.29, 1.82) is 0 Å². The van der Waals surface area contributed by atoms with Crippen LogP contribution in [0.1, 0.15) is 46.5 Å². The smallest absolute Gasteiger partial charge is 0.336 e. The maximum absolute atomic E-state index is 12.6. The quantitative estimate of drug-likeness (QED) is 0.760. The van der Waals surface area contributed by atoms with Crippen LogP contribution in [0.15, 0.2) is 39.5 Å². The Balaban J connectivity index is 1.58. The first-order valence-corrected chi connectivity index (χ1v) is 10.9. The average Bonchev–Trinajstić information content (AvgIpc) is 2.61. The van der Waals surface area contributed by atoms with E-state index in [1.54, 1.807) is 45.0 Å². The molecule has 1 fully saturated rings. The number of amides is 1. The molecule has 0 spiro atoms. The molecule has 0 atom stereocenters. The van der Waals surface area contributed by atoms with Crippen LogP contribution in [0, 0.1) is 5.92 Å². The second-order valence-electron chi connectivity index (χ2n) is 8.28. The molecule has 1 amide bonds. The Bertz CT molecular complexity index is 1030. The number of benzene rings is 1. The molecule has 0 saturated heterocycles. The van der Waals surface area contributed by atoms with Gasteiger partial charge in [0.25, 0.3) is 0 Å². The average molecular weight is 407 g/mol. The molecule has 2 N–H and O–H groups in total. The Morgan fingerprint density at radius 2 is 1.75 bits per heavy atom. The van der Waals surface area contributed by atoms with E-state index in [1.807, 2.05) is 0 Å². The Morgan fingerprint density at radius 1 is 1.07 bits per heavy atom. The van der Waals surface area contributed by atoms with Crippen molar-refractivity contribution in [1.82, 2.24) is 4.72 Å². The summed E-state index contributed by atoms with van der Waals surface area (Å²) in [4.78, 5) is 23.8. The van der Waals surface area contributed by atoms with E-state index in [0.717, 1.165) is 5.39 Å². The first kappa shape index (κ1) is 20.5. The summed E-state index contributed by atoms with van der Waals surface area (Å²) in [5.74, 6) is -0.228. The Labute approximate surface area is 164 Å². The molecule has 8 heteroatoms. The van der Waals surface area contributed by atoms with E-state index in [0.29, 0.717) is 37.0 Å². The summed E-state index contributed by atoms with van der Waals surface area (Å²) in [5, 5.41) is 3.64. The summed E-state index contributed by atoms with van der Waals surface area (Å²) in [6.07, 6.45) is 2.53. The number of nitrogens with one attached hydrogen (secondary N) is 2. The molecule has 1 aromatic carbocycles. The molecule has 0 bridgehead atoms. The van der Waals surface area contributed by atoms with E-state index >= 15 is 0 Å². The molecule has 28 heavy (non-hydrogen) atoms. The number of anilines is 1. The van der Waals surface area contributed by atoms with Gasteiger partial charge in [-0.15, -0.1) is 0 Å². The molecule has 152 valence electrons. The summed E-state index contributed by atoms with van der Waals surface area (Å²) in [5.41, 5.74) is 0.696. The van der Waals surface area contributed by atoms with Crippen LogP contribution in [-0.2, 0) is 14.8 Å². The zero-order valence-corrected chi connectivity index (χ0v) is 17.1. The van der Waals surface area contributed by atoms with Gasteiger partial charge in [-0.05, 0) is 70.7 Å². The second kappa shape index (κ2) is 7.67. The van der Waals surface area contributed by atoms with Gasteiger partial charge < -0.3 is 9.73 Å². The number of carbonyl (C=O) groups is 1. The van der Waals surface area contributed by atoms with Gasteiger partial charge in [0.2, 0.25) is 15.9 Å². The molecule has 0 unspecified atom stereocenters. The topological polar surface area (TPSA) is 105 Å². The Morgan fingerprint density at radius 3 is 2.39 bits per heavy atom. The largest absolute Gasteiger partial charge is 0.423 e. The van der Waals surface area contributed by atoms with Crippen LogP contribution < -0.4 is 15.7 Å². The van der Waals surface area contributed by atoms with Crippen molar-refractivity contribution in [2.45, 2.75) is 57.2 Å². The summed E-state index contributed by atoms with van der Waals surface area (Å²) in [6, 6.07) is 7.99. The molecule has 0 radical (unpaired) electrons. The first-order chi connectivity index (χ1) is 13.0. The van der Waals surface area contributed by atoms with Gasteiger partial charge in [0, 0.05) is 29.1 Å². The van der Waals surface area contributed by atoms with Crippen LogP contribution in [0.3, 0.4) is 0 Å². The van der Waals surface area contributed by atoms with Crippen molar-refractivity contribution in [2.24, 2.45) is 5.92 Å². The van der Waals surface area contributed by atoms with Crippen LogP contribution >= 0.6 is 0 Å². The standard InChI is InChI=1S/C20H26N2O5S/c1-20(2,3)28(25,26)22-15-7-4-13(5-8-15)19(24)21-16-9-10-17-14(12-16)6-11-18(23)27-17/h6,9-13,15,22H,4-5,7-8H2,1-3H3,(H,21,24). The molecule has 0 aliphatic heterocycles. The van der Waals surface area contributed by atoms with Crippen molar-refractivity contribution in [2.75, 3.05) is 5.32 Å². The minimum absolute atomic E-state index is 0.0751. The van der Waals surface area contributed by atoms with Gasteiger partial charge in [-0.3, -0.25) is 4.79 Å². The molecule has 3 rings (SSSR count). The predicted molar refractivity (Wildman–Crippen MR) is 109 cm³/mol. The number of hydrogen-bond donors (Lipinski definition) is 2. The van der Waals surface area contributed by atoms with E-state index in [2.05, 4.69) is 10.0 Å². The van der Waals surface area contributed by atoms with E-state index in [-0.39, 0.29) is 17.9 Å². The van der Waals surface area contributed by atoms with Crippen molar-refractivity contribution >= 4 is 32.6 Å². The van der Waals surface area contributed by atoms with Gasteiger partial charge >= 0.3 is 5.63 Å². The van der Waals surface area contributed by atoms with E-state index in [9.17, 15) is 18.0 Å². The highest BCUT2D eigenvalue weighted by Gasteiger charge is 2.34. The number of carbonyl (C=O) groups excluding carboxylic acids is 1. The van der Waals surface area contributed by atoms with Crippen LogP contribution in [0.5, 0.6) is 0 Å². The van der Waals surface area contributed by atoms with Crippen molar-refractivity contribution in [3.63, 3.8) is 0 Å². The molecular weight excluding hydrogens is 380 g/mol. The molecule has 1 heterocycles. The van der Waals surface area contributed by atoms with Crippen LogP contribution in [-0.4, -0.2) is 25.1 Å². The van der Waals surface area contributed by atoms with Crippen LogP contribution in [0.2, 0.25) is 0 Å². The number of fused-ring (bicyclic) bond motifs is 1. The maximum Gasteiger partial charge on any atom is 0.336 e. The lowest BCUT2D eigenvalue weighted by Crippen LogP contribution is -2.46. The summed E-state index contributed by atoms with van der Waals surface area (Å²) in [7, 11) is -3.39. The zero-order chi connectivity index (χ0) is 20.5. The number of rotatable bonds is 4. The first-order valence-electron chi connectivity index (χ1n) is 9.42. The summed E-state index contributed by atoms with van der Waals surface area (Å²) < 4.78 is 31.6. The molecule has 1 aliphatic rings. The van der Waals surface area contributed by atoms with Gasteiger partial charge in [0.05, 0.1) is 4.75 Å². The normalized spacial score (nSPS) is 20.8. The lowest BCUT2D eigenvalue weighted by Gasteiger charge is -2.30. The van der Waals surface area contributed by atoms with E-state index in [1.165, 1.54) is 6.07 Å². The molecule has 1 aromatic heterocycles. The summed E-state index contributed by atoms with van der Waals surface area (Å²) in [6.45, 7) is 5.01. The Kier molecular flexibility index (Phi) is 5.63. The van der Waals surface area contributed by atoms with Crippen molar-refractivity contribution in [3.8, 4) is 0 Å². The molecular formula is C20H26N2O5S. The summed E-state index contributed by atoms with van der Waals surface area (Å²) >= 11 is 0. The van der Waals surface area contributed by atoms with Crippen LogP contribution in [0.25, 0.3) is 11.0 Å². The third kappa shape index (κ3) is 4.62. The third-order valence-electron chi connectivity index (χ3n) is 5.11. The number of sulfonamides is 1. The van der Waals surface area contributed by atoms with Gasteiger partial charge in [-0.1, -0.05) is 0 Å². The van der Waals surface area contributed by atoms with Crippen LogP contribution in [0.4, 0.5) is 5.69 Å². The lowest BCUT2D eigenvalue weighted by molar-refractivity contribution is -0.120. The fourth-order valence-electron chi connectivity index (χ4n) is 3.26. The van der Waals surface area contributed by atoms with E-state index < -0.39 is 20.4 Å². The second-order valence-corrected chi connectivity index (χ2v) is 10.7. The number of hydrogen-bond acceptors (Lipinski definition) is 5. The molecule has 2 aromatic rings. The van der Waals surface area contributed by atoms with Gasteiger partial charge in [-0.25, -0.2) is 17.9 Å². The van der Waals surface area contributed by atoms with Crippen molar-refractivity contribution in [3.05, 3.63) is 40.8 Å². The highest BCUT2D eigenvalue weighted by molar-refractivity contribution is 7.90. The fourth-order valence-corrected chi connectivity index (χ4v) is 4.29.